The molecule has 1 unspecified atom stereocenters. The van der Waals surface area contributed by atoms with Gasteiger partial charge in [-0.1, -0.05) is 0 Å². The average molecular weight is 284 g/mol. The first-order chi connectivity index (χ1) is 9.58. The van der Waals surface area contributed by atoms with Gasteiger partial charge < -0.3 is 20.1 Å². The van der Waals surface area contributed by atoms with Crippen LogP contribution in [-0.4, -0.2) is 54.4 Å². The molecule has 2 saturated heterocycles. The maximum atomic E-state index is 12.2. The summed E-state index contributed by atoms with van der Waals surface area (Å²) < 4.78 is 5.32. The molecule has 2 aliphatic heterocycles. The summed E-state index contributed by atoms with van der Waals surface area (Å²) in [6.07, 6.45) is 3.36. The molecule has 0 radical (unpaired) electrons. The molecule has 2 amide bonds. The van der Waals surface area contributed by atoms with Crippen molar-refractivity contribution >= 4 is 12.0 Å². The molecule has 0 saturated carbocycles. The zero-order chi connectivity index (χ0) is 14.5. The van der Waals surface area contributed by atoms with Gasteiger partial charge in [-0.2, -0.15) is 0 Å². The molecular formula is C14H24N2O4. The molecule has 0 bridgehead atoms. The number of likely N-dealkylation sites (tertiary alicyclic amines) is 1. The maximum absolute atomic E-state index is 12.2. The van der Waals surface area contributed by atoms with Crippen LogP contribution in [0.3, 0.4) is 0 Å². The molecule has 2 aliphatic rings. The zero-order valence-corrected chi connectivity index (χ0v) is 12.0. The van der Waals surface area contributed by atoms with Crippen LogP contribution in [0.1, 0.15) is 32.6 Å². The third-order valence-electron chi connectivity index (χ3n) is 4.38. The van der Waals surface area contributed by atoms with Gasteiger partial charge in [0, 0.05) is 32.3 Å². The standard InChI is InChI=1S/C14H24N2O4/c1-10(11-4-7-20-8-5-11)15-14(19)16-6-2-3-12(9-16)13(17)18/h10-12H,2-9H2,1H3,(H,15,19)(H,17,18)/t10?,12-/m1/s1. The topological polar surface area (TPSA) is 78.9 Å². The monoisotopic (exact) mass is 284 g/mol. The molecule has 114 valence electrons. The van der Waals surface area contributed by atoms with Crippen molar-refractivity contribution < 1.29 is 19.4 Å². The quantitative estimate of drug-likeness (QED) is 0.819. The summed E-state index contributed by atoms with van der Waals surface area (Å²) in [5, 5.41) is 12.1. The van der Waals surface area contributed by atoms with Crippen LogP contribution in [0.25, 0.3) is 0 Å². The molecule has 6 nitrogen and oxygen atoms in total. The Morgan fingerprint density at radius 2 is 2.00 bits per heavy atom. The second-order valence-corrected chi connectivity index (χ2v) is 5.81. The van der Waals surface area contributed by atoms with Gasteiger partial charge in [-0.05, 0) is 38.5 Å². The van der Waals surface area contributed by atoms with Crippen LogP contribution in [-0.2, 0) is 9.53 Å². The first kappa shape index (κ1) is 15.1. The van der Waals surface area contributed by atoms with E-state index in [2.05, 4.69) is 5.32 Å². The van der Waals surface area contributed by atoms with Crippen LogP contribution in [0.4, 0.5) is 4.79 Å². The molecule has 0 aromatic rings. The van der Waals surface area contributed by atoms with Gasteiger partial charge in [0.05, 0.1) is 5.92 Å². The number of piperidine rings is 1. The van der Waals surface area contributed by atoms with Gasteiger partial charge in [0.15, 0.2) is 0 Å². The van der Waals surface area contributed by atoms with Crippen LogP contribution in [0.15, 0.2) is 0 Å². The highest BCUT2D eigenvalue weighted by molar-refractivity contribution is 5.76. The molecule has 2 atom stereocenters. The average Bonchev–Trinajstić information content (AvgIpc) is 2.48. The first-order valence-electron chi connectivity index (χ1n) is 7.44. The van der Waals surface area contributed by atoms with Crippen molar-refractivity contribution in [3.05, 3.63) is 0 Å². The number of ether oxygens (including phenoxy) is 1. The van der Waals surface area contributed by atoms with Crippen molar-refractivity contribution in [2.24, 2.45) is 11.8 Å². The van der Waals surface area contributed by atoms with Gasteiger partial charge in [-0.25, -0.2) is 4.79 Å². The number of hydrogen-bond donors (Lipinski definition) is 2. The van der Waals surface area contributed by atoms with E-state index < -0.39 is 11.9 Å². The van der Waals surface area contributed by atoms with Gasteiger partial charge in [0.2, 0.25) is 0 Å². The zero-order valence-electron chi connectivity index (χ0n) is 12.0. The van der Waals surface area contributed by atoms with Gasteiger partial charge >= 0.3 is 12.0 Å². The fourth-order valence-corrected chi connectivity index (χ4v) is 2.98. The Hall–Kier alpha value is -1.30. The molecule has 0 aliphatic carbocycles. The highest BCUT2D eigenvalue weighted by atomic mass is 16.5. The molecule has 0 aromatic heterocycles. The molecule has 2 fully saturated rings. The van der Waals surface area contributed by atoms with Crippen molar-refractivity contribution in [3.63, 3.8) is 0 Å². The van der Waals surface area contributed by atoms with Crippen molar-refractivity contribution in [2.45, 2.75) is 38.6 Å². The lowest BCUT2D eigenvalue weighted by Gasteiger charge is -2.34. The third-order valence-corrected chi connectivity index (χ3v) is 4.38. The predicted octanol–water partition coefficient (Wildman–Crippen LogP) is 1.31. The van der Waals surface area contributed by atoms with E-state index >= 15 is 0 Å². The van der Waals surface area contributed by atoms with Crippen molar-refractivity contribution in [3.8, 4) is 0 Å². The smallest absolute Gasteiger partial charge is 0.317 e. The molecule has 0 spiro atoms. The lowest BCUT2D eigenvalue weighted by Crippen LogP contribution is -2.51. The number of urea groups is 1. The molecule has 2 heterocycles. The fraction of sp³-hybridized carbons (Fsp3) is 0.857. The Morgan fingerprint density at radius 3 is 2.65 bits per heavy atom. The Balaban J connectivity index is 1.82. The third kappa shape index (κ3) is 3.85. The van der Waals surface area contributed by atoms with Crippen LogP contribution in [0.5, 0.6) is 0 Å². The number of amides is 2. The normalized spacial score (nSPS) is 26.1. The summed E-state index contributed by atoms with van der Waals surface area (Å²) in [6.45, 7) is 4.51. The molecule has 20 heavy (non-hydrogen) atoms. The lowest BCUT2D eigenvalue weighted by molar-refractivity contribution is -0.143. The fourth-order valence-electron chi connectivity index (χ4n) is 2.98. The number of rotatable bonds is 3. The Labute approximate surface area is 119 Å². The van der Waals surface area contributed by atoms with E-state index in [1.165, 1.54) is 0 Å². The number of carboxylic acid groups (broad SMARTS) is 1. The molecule has 6 heteroatoms. The summed E-state index contributed by atoms with van der Waals surface area (Å²) in [7, 11) is 0. The molecule has 2 N–H and O–H groups in total. The minimum absolute atomic E-state index is 0.108. The summed E-state index contributed by atoms with van der Waals surface area (Å²) in [5.74, 6) is -0.777. The van der Waals surface area contributed by atoms with E-state index in [9.17, 15) is 9.59 Å². The number of aliphatic carboxylic acids is 1. The Bertz CT molecular complexity index is 355. The maximum Gasteiger partial charge on any atom is 0.317 e. The van der Waals surface area contributed by atoms with Crippen LogP contribution in [0.2, 0.25) is 0 Å². The van der Waals surface area contributed by atoms with Gasteiger partial charge in [-0.3, -0.25) is 4.79 Å². The molecule has 2 rings (SSSR count). The van der Waals surface area contributed by atoms with Gasteiger partial charge in [0.1, 0.15) is 0 Å². The van der Waals surface area contributed by atoms with Crippen LogP contribution in [0, 0.1) is 11.8 Å². The summed E-state index contributed by atoms with van der Waals surface area (Å²) in [5.41, 5.74) is 0. The number of hydrogen-bond acceptors (Lipinski definition) is 3. The van der Waals surface area contributed by atoms with E-state index in [1.807, 2.05) is 6.92 Å². The minimum atomic E-state index is -0.806. The van der Waals surface area contributed by atoms with E-state index in [0.717, 1.165) is 32.5 Å². The Kier molecular flexibility index (Phi) is 5.23. The Morgan fingerprint density at radius 1 is 1.30 bits per heavy atom. The van der Waals surface area contributed by atoms with Crippen LogP contribution >= 0.6 is 0 Å². The second-order valence-electron chi connectivity index (χ2n) is 5.81. The number of carbonyl (C=O) groups excluding carboxylic acids is 1. The number of nitrogens with one attached hydrogen (secondary N) is 1. The van der Waals surface area contributed by atoms with E-state index in [-0.39, 0.29) is 12.1 Å². The van der Waals surface area contributed by atoms with Crippen molar-refractivity contribution in [1.29, 1.82) is 0 Å². The second kappa shape index (κ2) is 6.92. The van der Waals surface area contributed by atoms with E-state index in [1.54, 1.807) is 4.90 Å². The largest absolute Gasteiger partial charge is 0.481 e. The number of carbonyl (C=O) groups is 2. The van der Waals surface area contributed by atoms with Crippen LogP contribution < -0.4 is 5.32 Å². The lowest BCUT2D eigenvalue weighted by atomic mass is 9.93. The first-order valence-corrected chi connectivity index (χ1v) is 7.44. The number of carboxylic acids is 1. The number of nitrogens with zero attached hydrogens (tertiary/aromatic N) is 1. The SMILES string of the molecule is CC(NC(=O)N1CCC[C@@H](C(=O)O)C1)C1CCOCC1. The summed E-state index contributed by atoms with van der Waals surface area (Å²) >= 11 is 0. The highest BCUT2D eigenvalue weighted by Crippen LogP contribution is 2.20. The highest BCUT2D eigenvalue weighted by Gasteiger charge is 2.29. The summed E-state index contributed by atoms with van der Waals surface area (Å²) in [6, 6.07) is -0.0217. The predicted molar refractivity (Wildman–Crippen MR) is 73.5 cm³/mol. The summed E-state index contributed by atoms with van der Waals surface area (Å²) in [4.78, 5) is 24.9. The minimum Gasteiger partial charge on any atom is -0.481 e. The van der Waals surface area contributed by atoms with Crippen molar-refractivity contribution in [1.82, 2.24) is 10.2 Å². The molecular weight excluding hydrogens is 260 g/mol. The van der Waals surface area contributed by atoms with E-state index in [0.29, 0.717) is 25.4 Å². The van der Waals surface area contributed by atoms with Gasteiger partial charge in [0.25, 0.3) is 0 Å². The van der Waals surface area contributed by atoms with E-state index in [4.69, 9.17) is 9.84 Å². The van der Waals surface area contributed by atoms with Gasteiger partial charge in [-0.15, -0.1) is 0 Å². The molecule has 0 aromatic carbocycles. The van der Waals surface area contributed by atoms with Crippen molar-refractivity contribution in [2.75, 3.05) is 26.3 Å².